The first-order valence-electron chi connectivity index (χ1n) is 12.7. The van der Waals surface area contributed by atoms with Gasteiger partial charge in [-0.2, -0.15) is 0 Å². The van der Waals surface area contributed by atoms with Crippen LogP contribution in [0.1, 0.15) is 85.3 Å². The number of nitrogens with zero attached hydrogens (tertiary/aromatic N) is 2. The van der Waals surface area contributed by atoms with Crippen molar-refractivity contribution in [2.24, 2.45) is 5.92 Å². The number of likely N-dealkylation sites (tertiary alicyclic amines) is 2. The molecule has 8 heteroatoms. The number of aliphatic hydroxyl groups is 1. The van der Waals surface area contributed by atoms with Gasteiger partial charge in [-0.3, -0.25) is 4.90 Å². The van der Waals surface area contributed by atoms with Crippen LogP contribution >= 0.6 is 0 Å². The average molecular weight is 493 g/mol. The molecule has 2 saturated heterocycles. The molecule has 2 amide bonds. The van der Waals surface area contributed by atoms with E-state index in [9.17, 15) is 19.1 Å². The van der Waals surface area contributed by atoms with Crippen molar-refractivity contribution in [1.29, 1.82) is 0 Å². The molecular weight excluding hydrogens is 451 g/mol. The van der Waals surface area contributed by atoms with E-state index in [1.54, 1.807) is 21.9 Å². The summed E-state index contributed by atoms with van der Waals surface area (Å²) in [6.07, 6.45) is 2.04. The first-order chi connectivity index (χ1) is 16.2. The monoisotopic (exact) mass is 492 g/mol. The van der Waals surface area contributed by atoms with Gasteiger partial charge in [-0.25, -0.2) is 14.0 Å². The summed E-state index contributed by atoms with van der Waals surface area (Å²) in [6.45, 7) is 12.3. The van der Waals surface area contributed by atoms with Gasteiger partial charge in [0.05, 0.1) is 12.1 Å². The molecule has 35 heavy (non-hydrogen) atoms. The minimum absolute atomic E-state index is 0.0869. The van der Waals surface area contributed by atoms with Crippen molar-refractivity contribution in [1.82, 2.24) is 9.80 Å². The van der Waals surface area contributed by atoms with Crippen molar-refractivity contribution in [3.05, 3.63) is 35.6 Å². The number of halogens is 1. The molecule has 0 unspecified atom stereocenters. The highest BCUT2D eigenvalue weighted by Crippen LogP contribution is 2.38. The number of carbonyl (C=O) groups is 2. The Labute approximate surface area is 208 Å². The van der Waals surface area contributed by atoms with E-state index in [4.69, 9.17) is 9.47 Å². The van der Waals surface area contributed by atoms with E-state index in [-0.39, 0.29) is 12.1 Å². The molecule has 0 spiro atoms. The van der Waals surface area contributed by atoms with E-state index >= 15 is 0 Å². The molecule has 0 bridgehead atoms. The van der Waals surface area contributed by atoms with Gasteiger partial charge in [-0.1, -0.05) is 12.1 Å². The summed E-state index contributed by atoms with van der Waals surface area (Å²) in [4.78, 5) is 29.1. The van der Waals surface area contributed by atoms with E-state index in [0.29, 0.717) is 31.0 Å². The fraction of sp³-hybridized carbons (Fsp3) is 0.704. The Hall–Kier alpha value is -2.35. The summed E-state index contributed by atoms with van der Waals surface area (Å²) in [6, 6.07) is 5.33. The van der Waals surface area contributed by atoms with Gasteiger partial charge in [-0.15, -0.1) is 0 Å². The van der Waals surface area contributed by atoms with Crippen molar-refractivity contribution in [2.45, 2.75) is 103 Å². The van der Waals surface area contributed by atoms with Crippen molar-refractivity contribution in [2.75, 3.05) is 13.1 Å². The Kier molecular flexibility index (Phi) is 8.35. The normalized spacial score (nSPS) is 22.7. The first-order valence-corrected chi connectivity index (χ1v) is 12.7. The summed E-state index contributed by atoms with van der Waals surface area (Å²) in [5.41, 5.74) is -0.740. The smallest absolute Gasteiger partial charge is 0.410 e. The number of ether oxygens (including phenoxy) is 2. The molecule has 0 radical (unpaired) electrons. The summed E-state index contributed by atoms with van der Waals surface area (Å²) in [5, 5.41) is 11.1. The number of aliphatic hydroxyl groups excluding tert-OH is 1. The fourth-order valence-electron chi connectivity index (χ4n) is 5.03. The molecule has 0 aliphatic carbocycles. The van der Waals surface area contributed by atoms with Crippen molar-refractivity contribution < 1.29 is 28.6 Å². The number of benzene rings is 1. The molecule has 1 N–H and O–H groups in total. The maximum absolute atomic E-state index is 13.8. The summed E-state index contributed by atoms with van der Waals surface area (Å²) in [7, 11) is 0. The van der Waals surface area contributed by atoms with Gasteiger partial charge in [0.2, 0.25) is 0 Å². The van der Waals surface area contributed by atoms with Crippen LogP contribution in [-0.2, 0) is 9.47 Å². The number of piperidine rings is 1. The van der Waals surface area contributed by atoms with Crippen molar-refractivity contribution in [3.8, 4) is 0 Å². The second-order valence-corrected chi connectivity index (χ2v) is 11.8. The third-order valence-corrected chi connectivity index (χ3v) is 6.58. The van der Waals surface area contributed by atoms with E-state index in [2.05, 4.69) is 0 Å². The van der Waals surface area contributed by atoms with E-state index in [1.807, 2.05) is 41.5 Å². The zero-order valence-electron chi connectivity index (χ0n) is 21.9. The molecule has 3 rings (SSSR count). The molecule has 1 aromatic rings. The number of carbonyl (C=O) groups excluding carboxylic acids is 2. The Balaban J connectivity index is 1.69. The van der Waals surface area contributed by atoms with Crippen molar-refractivity contribution >= 4 is 12.2 Å². The summed E-state index contributed by atoms with van der Waals surface area (Å²) < 4.78 is 25.0. The molecule has 0 aromatic heterocycles. The van der Waals surface area contributed by atoms with Crippen LogP contribution in [0.3, 0.4) is 0 Å². The van der Waals surface area contributed by atoms with Crippen LogP contribution in [-0.4, -0.2) is 63.5 Å². The van der Waals surface area contributed by atoms with Crippen LogP contribution in [0.4, 0.5) is 14.0 Å². The highest BCUT2D eigenvalue weighted by Gasteiger charge is 2.44. The largest absolute Gasteiger partial charge is 0.444 e. The SMILES string of the molecule is CC(C)(C)OC(=O)N1CCC(C[C@@H]2CC[C@H]([C@H](O)c3cccc(F)c3)N2C(=O)OC(C)(C)C)CC1. The quantitative estimate of drug-likeness (QED) is 0.586. The highest BCUT2D eigenvalue weighted by molar-refractivity contribution is 5.70. The fourth-order valence-corrected chi connectivity index (χ4v) is 5.03. The minimum atomic E-state index is -1.00. The Morgan fingerprint density at radius 3 is 2.17 bits per heavy atom. The molecule has 3 atom stereocenters. The van der Waals surface area contributed by atoms with Gasteiger partial charge in [0, 0.05) is 19.1 Å². The highest BCUT2D eigenvalue weighted by atomic mass is 19.1. The van der Waals surface area contributed by atoms with Crippen LogP contribution in [0.15, 0.2) is 24.3 Å². The number of rotatable bonds is 4. The van der Waals surface area contributed by atoms with Gasteiger partial charge >= 0.3 is 12.2 Å². The topological polar surface area (TPSA) is 79.3 Å². The van der Waals surface area contributed by atoms with Gasteiger partial charge in [-0.05, 0) is 97.3 Å². The molecule has 7 nitrogen and oxygen atoms in total. The standard InChI is InChI=1S/C27H41FN2O5/c1-26(2,3)34-24(32)29-14-12-18(13-15-29)16-21-10-11-22(30(21)25(33)35-27(4,5)6)23(31)19-8-7-9-20(28)17-19/h7-9,17-18,21-23,31H,10-16H2,1-6H3/t21-,22+,23+/m0/s1. The molecule has 2 aliphatic rings. The molecule has 2 aliphatic heterocycles. The zero-order chi connectivity index (χ0) is 26.0. The van der Waals surface area contributed by atoms with Crippen molar-refractivity contribution in [3.63, 3.8) is 0 Å². The third kappa shape index (κ3) is 7.56. The minimum Gasteiger partial charge on any atom is -0.444 e. The van der Waals surface area contributed by atoms with Crippen LogP contribution in [0.25, 0.3) is 0 Å². The average Bonchev–Trinajstić information content (AvgIpc) is 3.15. The predicted molar refractivity (Wildman–Crippen MR) is 131 cm³/mol. The summed E-state index contributed by atoms with van der Waals surface area (Å²) in [5.74, 6) is -0.0784. The second kappa shape index (κ2) is 10.7. The molecule has 1 aromatic carbocycles. The maximum Gasteiger partial charge on any atom is 0.410 e. The van der Waals surface area contributed by atoms with Crippen LogP contribution in [0.2, 0.25) is 0 Å². The molecule has 2 fully saturated rings. The lowest BCUT2D eigenvalue weighted by Gasteiger charge is -2.38. The van der Waals surface area contributed by atoms with Gasteiger partial charge in [0.25, 0.3) is 0 Å². The lowest BCUT2D eigenvalue weighted by molar-refractivity contribution is -0.00839. The Morgan fingerprint density at radius 2 is 1.60 bits per heavy atom. The molecule has 196 valence electrons. The molecular formula is C27H41FN2O5. The van der Waals surface area contributed by atoms with E-state index in [0.717, 1.165) is 25.7 Å². The Morgan fingerprint density at radius 1 is 1.00 bits per heavy atom. The summed E-state index contributed by atoms with van der Waals surface area (Å²) >= 11 is 0. The van der Waals surface area contributed by atoms with Crippen LogP contribution in [0, 0.1) is 11.7 Å². The van der Waals surface area contributed by atoms with Gasteiger partial charge < -0.3 is 19.5 Å². The predicted octanol–water partition coefficient (Wildman–Crippen LogP) is 5.66. The lowest BCUT2D eigenvalue weighted by atomic mass is 9.89. The number of amides is 2. The van der Waals surface area contributed by atoms with Crippen LogP contribution in [0.5, 0.6) is 0 Å². The Bertz CT molecular complexity index is 886. The first kappa shape index (κ1) is 27.2. The zero-order valence-corrected chi connectivity index (χ0v) is 21.9. The maximum atomic E-state index is 13.8. The van der Waals surface area contributed by atoms with Crippen LogP contribution < -0.4 is 0 Å². The van der Waals surface area contributed by atoms with Gasteiger partial charge in [0.15, 0.2) is 0 Å². The lowest BCUT2D eigenvalue weighted by Crippen LogP contribution is -2.47. The van der Waals surface area contributed by atoms with E-state index < -0.39 is 35.3 Å². The third-order valence-electron chi connectivity index (χ3n) is 6.58. The second-order valence-electron chi connectivity index (χ2n) is 11.8. The van der Waals surface area contributed by atoms with E-state index in [1.165, 1.54) is 12.1 Å². The number of hydrogen-bond donors (Lipinski definition) is 1. The molecule has 0 saturated carbocycles. The number of hydrogen-bond acceptors (Lipinski definition) is 5. The van der Waals surface area contributed by atoms with Gasteiger partial charge in [0.1, 0.15) is 17.0 Å². The molecule has 2 heterocycles.